The Morgan fingerprint density at radius 2 is 2.18 bits per heavy atom. The molecule has 5 heteroatoms. The Morgan fingerprint density at radius 3 is 2.82 bits per heavy atom. The van der Waals surface area contributed by atoms with Gasteiger partial charge in [-0.1, -0.05) is 6.07 Å². The van der Waals surface area contributed by atoms with Gasteiger partial charge in [0.1, 0.15) is 0 Å². The summed E-state index contributed by atoms with van der Waals surface area (Å²) in [6.45, 7) is 1.42. The third kappa shape index (κ3) is 3.64. The molecule has 0 saturated carbocycles. The number of anilines is 2. The third-order valence-corrected chi connectivity index (χ3v) is 2.35. The number of nitrogen functional groups attached to an aromatic ring is 1. The van der Waals surface area contributed by atoms with Crippen molar-refractivity contribution in [3.05, 3.63) is 23.8 Å². The molecule has 0 saturated heterocycles. The van der Waals surface area contributed by atoms with Crippen LogP contribution in [-0.4, -0.2) is 33.3 Å². The van der Waals surface area contributed by atoms with Crippen LogP contribution in [0.15, 0.2) is 18.2 Å². The Morgan fingerprint density at radius 1 is 1.41 bits per heavy atom. The summed E-state index contributed by atoms with van der Waals surface area (Å²) in [5.41, 5.74) is 7.41. The first-order valence-electron chi connectivity index (χ1n) is 5.40. The molecule has 0 radical (unpaired) electrons. The first-order valence-corrected chi connectivity index (χ1v) is 5.40. The third-order valence-electron chi connectivity index (χ3n) is 2.35. The number of rotatable bonds is 6. The van der Waals surface area contributed by atoms with Crippen molar-refractivity contribution in [3.8, 4) is 0 Å². The molecule has 0 heterocycles. The van der Waals surface area contributed by atoms with Gasteiger partial charge in [0.2, 0.25) is 0 Å². The second kappa shape index (κ2) is 6.75. The van der Waals surface area contributed by atoms with E-state index in [1.165, 1.54) is 7.11 Å². The minimum Gasteiger partial charge on any atom is -0.465 e. The highest BCUT2D eigenvalue weighted by atomic mass is 16.5. The monoisotopic (exact) mass is 238 g/mol. The number of nitrogens with two attached hydrogens (primary N) is 1. The number of benzene rings is 1. The van der Waals surface area contributed by atoms with Gasteiger partial charge in [-0.3, -0.25) is 0 Å². The molecule has 0 aliphatic heterocycles. The molecule has 0 unspecified atom stereocenters. The molecule has 0 aromatic heterocycles. The molecule has 5 nitrogen and oxygen atoms in total. The molecule has 1 aromatic carbocycles. The van der Waals surface area contributed by atoms with Gasteiger partial charge in [0.05, 0.1) is 24.0 Å². The van der Waals surface area contributed by atoms with Gasteiger partial charge < -0.3 is 20.5 Å². The zero-order valence-corrected chi connectivity index (χ0v) is 10.2. The molecule has 94 valence electrons. The molecule has 1 aromatic rings. The van der Waals surface area contributed by atoms with Crippen molar-refractivity contribution in [3.63, 3.8) is 0 Å². The number of methoxy groups -OCH3 is 2. The zero-order valence-electron chi connectivity index (χ0n) is 10.2. The van der Waals surface area contributed by atoms with Crippen molar-refractivity contribution in [2.45, 2.75) is 6.42 Å². The number of carbonyl (C=O) groups excluding carboxylic acids is 1. The van der Waals surface area contributed by atoms with Gasteiger partial charge in [0.15, 0.2) is 0 Å². The van der Waals surface area contributed by atoms with Crippen LogP contribution in [0.2, 0.25) is 0 Å². The van der Waals surface area contributed by atoms with E-state index in [4.69, 9.17) is 10.5 Å². The van der Waals surface area contributed by atoms with Gasteiger partial charge >= 0.3 is 5.97 Å². The predicted molar refractivity (Wildman–Crippen MR) is 67.2 cm³/mol. The Kier molecular flexibility index (Phi) is 5.29. The van der Waals surface area contributed by atoms with E-state index in [0.717, 1.165) is 18.7 Å². The largest absolute Gasteiger partial charge is 0.465 e. The minimum absolute atomic E-state index is 0.379. The van der Waals surface area contributed by atoms with Crippen molar-refractivity contribution in [2.24, 2.45) is 0 Å². The average Bonchev–Trinajstić information content (AvgIpc) is 2.35. The second-order valence-electron chi connectivity index (χ2n) is 3.53. The standard InChI is InChI=1S/C12H18N2O3/c1-16-8-4-7-14-10-6-3-5-9(11(10)13)12(15)17-2/h3,5-6,14H,4,7-8,13H2,1-2H3. The fourth-order valence-electron chi connectivity index (χ4n) is 1.45. The van der Waals surface area contributed by atoms with Crippen LogP contribution in [0.5, 0.6) is 0 Å². The molecule has 0 aliphatic rings. The van der Waals surface area contributed by atoms with Gasteiger partial charge in [0, 0.05) is 20.3 Å². The molecular weight excluding hydrogens is 220 g/mol. The van der Waals surface area contributed by atoms with Crippen molar-refractivity contribution in [2.75, 3.05) is 38.4 Å². The van der Waals surface area contributed by atoms with E-state index in [2.05, 4.69) is 10.1 Å². The predicted octanol–water partition coefficient (Wildman–Crippen LogP) is 1.50. The molecule has 1 rings (SSSR count). The van der Waals surface area contributed by atoms with Crippen LogP contribution in [0, 0.1) is 0 Å². The maximum absolute atomic E-state index is 11.4. The number of nitrogens with one attached hydrogen (secondary N) is 1. The highest BCUT2D eigenvalue weighted by molar-refractivity contribution is 5.98. The smallest absolute Gasteiger partial charge is 0.340 e. The number of hydrogen-bond donors (Lipinski definition) is 2. The van der Waals surface area contributed by atoms with Gasteiger partial charge in [0.25, 0.3) is 0 Å². The summed E-state index contributed by atoms with van der Waals surface area (Å²) in [7, 11) is 2.99. The summed E-state index contributed by atoms with van der Waals surface area (Å²) in [6, 6.07) is 5.23. The molecule has 0 fully saturated rings. The number of para-hydroxylation sites is 1. The van der Waals surface area contributed by atoms with Crippen molar-refractivity contribution in [1.29, 1.82) is 0 Å². The fraction of sp³-hybridized carbons (Fsp3) is 0.417. The molecule has 0 atom stereocenters. The molecule has 0 spiro atoms. The Labute approximate surface area is 101 Å². The van der Waals surface area contributed by atoms with Crippen molar-refractivity contribution in [1.82, 2.24) is 0 Å². The van der Waals surface area contributed by atoms with E-state index in [1.54, 1.807) is 19.2 Å². The van der Waals surface area contributed by atoms with Gasteiger partial charge in [-0.05, 0) is 18.6 Å². The Bertz CT molecular complexity index is 380. The van der Waals surface area contributed by atoms with E-state index in [-0.39, 0.29) is 0 Å². The quantitative estimate of drug-likeness (QED) is 0.446. The van der Waals surface area contributed by atoms with Gasteiger partial charge in [-0.2, -0.15) is 0 Å². The number of hydrogen-bond acceptors (Lipinski definition) is 5. The summed E-state index contributed by atoms with van der Waals surface area (Å²) < 4.78 is 9.59. The van der Waals surface area contributed by atoms with Crippen LogP contribution in [0.3, 0.4) is 0 Å². The first kappa shape index (κ1) is 13.3. The molecular formula is C12H18N2O3. The van der Waals surface area contributed by atoms with Crippen molar-refractivity contribution < 1.29 is 14.3 Å². The Hall–Kier alpha value is -1.75. The lowest BCUT2D eigenvalue weighted by Crippen LogP contribution is -2.10. The molecule has 0 aliphatic carbocycles. The highest BCUT2D eigenvalue weighted by Gasteiger charge is 2.12. The van der Waals surface area contributed by atoms with Crippen LogP contribution in [0.25, 0.3) is 0 Å². The van der Waals surface area contributed by atoms with E-state index in [9.17, 15) is 4.79 Å². The van der Waals surface area contributed by atoms with Crippen LogP contribution in [0.4, 0.5) is 11.4 Å². The van der Waals surface area contributed by atoms with Crippen molar-refractivity contribution >= 4 is 17.3 Å². The SMILES string of the molecule is COCCCNc1cccc(C(=O)OC)c1N. The molecule has 0 amide bonds. The molecule has 3 N–H and O–H groups in total. The van der Waals surface area contributed by atoms with Gasteiger partial charge in [-0.15, -0.1) is 0 Å². The van der Waals surface area contributed by atoms with Crippen LogP contribution < -0.4 is 11.1 Å². The summed E-state index contributed by atoms with van der Waals surface area (Å²) in [5.74, 6) is -0.428. The lowest BCUT2D eigenvalue weighted by atomic mass is 10.1. The van der Waals surface area contributed by atoms with E-state index < -0.39 is 5.97 Å². The maximum Gasteiger partial charge on any atom is 0.340 e. The summed E-state index contributed by atoms with van der Waals surface area (Å²) in [5, 5.41) is 3.15. The summed E-state index contributed by atoms with van der Waals surface area (Å²) in [6.07, 6.45) is 0.873. The van der Waals surface area contributed by atoms with Crippen LogP contribution >= 0.6 is 0 Å². The molecule has 0 bridgehead atoms. The fourth-order valence-corrected chi connectivity index (χ4v) is 1.45. The lowest BCUT2D eigenvalue weighted by Gasteiger charge is -2.11. The van der Waals surface area contributed by atoms with Crippen LogP contribution in [0.1, 0.15) is 16.8 Å². The highest BCUT2D eigenvalue weighted by Crippen LogP contribution is 2.23. The summed E-state index contributed by atoms with van der Waals surface area (Å²) in [4.78, 5) is 11.4. The normalized spacial score (nSPS) is 10.0. The first-order chi connectivity index (χ1) is 8.20. The second-order valence-corrected chi connectivity index (χ2v) is 3.53. The Balaban J connectivity index is 2.70. The zero-order chi connectivity index (χ0) is 12.7. The van der Waals surface area contributed by atoms with E-state index >= 15 is 0 Å². The van der Waals surface area contributed by atoms with E-state index in [0.29, 0.717) is 17.9 Å². The number of carbonyl (C=O) groups is 1. The van der Waals surface area contributed by atoms with E-state index in [1.807, 2.05) is 6.07 Å². The summed E-state index contributed by atoms with van der Waals surface area (Å²) >= 11 is 0. The topological polar surface area (TPSA) is 73.6 Å². The lowest BCUT2D eigenvalue weighted by molar-refractivity contribution is 0.0602. The average molecular weight is 238 g/mol. The molecule has 17 heavy (non-hydrogen) atoms. The minimum atomic E-state index is -0.428. The van der Waals surface area contributed by atoms with Gasteiger partial charge in [-0.25, -0.2) is 4.79 Å². The number of ether oxygens (including phenoxy) is 2. The van der Waals surface area contributed by atoms with Crippen LogP contribution in [-0.2, 0) is 9.47 Å². The maximum atomic E-state index is 11.4. The number of esters is 1.